The van der Waals surface area contributed by atoms with Gasteiger partial charge in [-0.25, -0.2) is 14.4 Å². The molecule has 0 aliphatic carbocycles. The van der Waals surface area contributed by atoms with Crippen molar-refractivity contribution in [2.24, 2.45) is 5.73 Å². The number of rotatable bonds is 9. The summed E-state index contributed by atoms with van der Waals surface area (Å²) in [4.78, 5) is 50.9. The third kappa shape index (κ3) is 6.81. The third-order valence-corrected chi connectivity index (χ3v) is 9.03. The Kier molecular flexibility index (Phi) is 9.95. The lowest BCUT2D eigenvalue weighted by atomic mass is 10.1. The van der Waals surface area contributed by atoms with Crippen LogP contribution in [0.3, 0.4) is 0 Å². The number of aromatic nitrogens is 3. The molecule has 50 heavy (non-hydrogen) atoms. The van der Waals surface area contributed by atoms with E-state index in [1.807, 2.05) is 13.0 Å². The third-order valence-electron chi connectivity index (χ3n) is 9.03. The molecule has 2 amide bonds. The molecule has 0 bridgehead atoms. The number of piperazine rings is 1. The minimum absolute atomic E-state index is 0.0126. The van der Waals surface area contributed by atoms with Gasteiger partial charge in [-0.3, -0.25) is 18.8 Å². The fourth-order valence-corrected chi connectivity index (χ4v) is 6.15. The average Bonchev–Trinajstić information content (AvgIpc) is 3.76. The largest absolute Gasteiger partial charge is 0.494 e. The average molecular weight is 693 g/mol. The number of nitrogens with one attached hydrogen (secondary N) is 2. The van der Waals surface area contributed by atoms with E-state index in [2.05, 4.69) is 20.6 Å². The molecule has 2 aromatic heterocycles. The van der Waals surface area contributed by atoms with Gasteiger partial charge in [0.1, 0.15) is 12.1 Å². The molecule has 2 fully saturated rings. The number of esters is 1. The van der Waals surface area contributed by atoms with Gasteiger partial charge >= 0.3 is 5.97 Å². The number of nitrogens with two attached hydrogens (primary N) is 1. The van der Waals surface area contributed by atoms with Crippen LogP contribution in [0.1, 0.15) is 29.3 Å². The van der Waals surface area contributed by atoms with E-state index < -0.39 is 41.9 Å². The van der Waals surface area contributed by atoms with Crippen molar-refractivity contribution < 1.29 is 37.7 Å². The molecule has 14 nitrogen and oxygen atoms in total. The van der Waals surface area contributed by atoms with Crippen LogP contribution in [0.15, 0.2) is 48.9 Å². The summed E-state index contributed by atoms with van der Waals surface area (Å²) in [5.41, 5.74) is 8.24. The number of imidazole rings is 1. The van der Waals surface area contributed by atoms with E-state index in [1.165, 1.54) is 38.6 Å². The lowest BCUT2D eigenvalue weighted by molar-refractivity contribution is -0.152. The molecular weight excluding hydrogens is 654 g/mol. The van der Waals surface area contributed by atoms with Gasteiger partial charge in [-0.1, -0.05) is 0 Å². The number of fused-ring (bicyclic) bond motifs is 1. The van der Waals surface area contributed by atoms with Crippen LogP contribution < -0.4 is 21.1 Å². The Balaban J connectivity index is 1.06. The van der Waals surface area contributed by atoms with Gasteiger partial charge in [0.25, 0.3) is 5.91 Å². The Morgan fingerprint density at radius 1 is 1.08 bits per heavy atom. The van der Waals surface area contributed by atoms with Crippen LogP contribution in [-0.2, 0) is 14.3 Å². The maximum absolute atomic E-state index is 14.9. The van der Waals surface area contributed by atoms with Gasteiger partial charge in [0.05, 0.1) is 31.1 Å². The van der Waals surface area contributed by atoms with E-state index in [-0.39, 0.29) is 23.1 Å². The number of aryl methyl sites for hydroxylation is 1. The minimum Gasteiger partial charge on any atom is -0.494 e. The Morgan fingerprint density at radius 2 is 1.82 bits per heavy atom. The predicted octanol–water partition coefficient (Wildman–Crippen LogP) is 2.00. The molecule has 2 aromatic carbocycles. The summed E-state index contributed by atoms with van der Waals surface area (Å²) < 4.78 is 41.1. The van der Waals surface area contributed by atoms with Crippen LogP contribution in [0.5, 0.6) is 5.75 Å². The number of halogens is 2. The Hall–Kier alpha value is -5.19. The zero-order valence-electron chi connectivity index (χ0n) is 27.7. The van der Waals surface area contributed by atoms with Gasteiger partial charge in [0, 0.05) is 68.4 Å². The van der Waals surface area contributed by atoms with Crippen molar-refractivity contribution in [1.82, 2.24) is 29.5 Å². The van der Waals surface area contributed by atoms with E-state index in [9.17, 15) is 28.3 Å². The lowest BCUT2D eigenvalue weighted by Gasteiger charge is -2.36. The first kappa shape index (κ1) is 34.7. The van der Waals surface area contributed by atoms with Crippen molar-refractivity contribution >= 4 is 34.9 Å². The maximum Gasteiger partial charge on any atom is 0.325 e. The molecule has 0 unspecified atom stereocenters. The van der Waals surface area contributed by atoms with Gasteiger partial charge in [-0.15, -0.1) is 0 Å². The summed E-state index contributed by atoms with van der Waals surface area (Å²) >= 11 is 0. The highest BCUT2D eigenvalue weighted by molar-refractivity contribution is 5.96. The second-order valence-corrected chi connectivity index (χ2v) is 12.4. The summed E-state index contributed by atoms with van der Waals surface area (Å²) in [6.07, 6.45) is 3.26. The summed E-state index contributed by atoms with van der Waals surface area (Å²) in [5, 5.41) is 15.8. The predicted molar refractivity (Wildman–Crippen MR) is 178 cm³/mol. The number of methoxy groups -OCH3 is 1. The number of nitrogens with zero attached hydrogens (tertiary/aromatic N) is 5. The summed E-state index contributed by atoms with van der Waals surface area (Å²) in [5.74, 6) is -2.98. The number of benzene rings is 2. The number of anilines is 2. The van der Waals surface area contributed by atoms with Crippen LogP contribution in [0.2, 0.25) is 0 Å². The minimum atomic E-state index is -1.15. The lowest BCUT2D eigenvalue weighted by Crippen LogP contribution is -2.54. The second-order valence-electron chi connectivity index (χ2n) is 12.4. The van der Waals surface area contributed by atoms with Crippen LogP contribution in [0, 0.1) is 18.6 Å². The van der Waals surface area contributed by atoms with Gasteiger partial charge in [0.2, 0.25) is 11.7 Å². The zero-order chi connectivity index (χ0) is 35.7. The molecule has 0 radical (unpaired) electrons. The van der Waals surface area contributed by atoms with Crippen molar-refractivity contribution in [3.05, 3.63) is 71.7 Å². The molecular formula is C34H38F2N8O6. The van der Waals surface area contributed by atoms with E-state index in [4.69, 9.17) is 15.2 Å². The van der Waals surface area contributed by atoms with Crippen LogP contribution in [-0.4, -0.2) is 111 Å². The van der Waals surface area contributed by atoms with Gasteiger partial charge in [0.15, 0.2) is 23.0 Å². The summed E-state index contributed by atoms with van der Waals surface area (Å²) in [7, 11) is 1.26. The quantitative estimate of drug-likeness (QED) is 0.189. The SMILES string of the molecule is COc1ccc(-c2cnc3c(Nc4ccc(C(=O)N5CCN(C(=O)[C@@H]6C[C@@H](OC(=O)[C@@H](N)[C@@H](C)O)CN6)CC5)c(C)c4)nccn23)c(F)c1F. The topological polar surface area (TPSA) is 177 Å². The van der Waals surface area contributed by atoms with E-state index >= 15 is 0 Å². The molecule has 0 spiro atoms. The number of amides is 2. The first-order chi connectivity index (χ1) is 24.0. The maximum atomic E-state index is 14.9. The number of ether oxygens (including phenoxy) is 2. The fourth-order valence-electron chi connectivity index (χ4n) is 6.15. The van der Waals surface area contributed by atoms with E-state index in [1.54, 1.807) is 32.5 Å². The molecule has 6 rings (SSSR count). The first-order valence-corrected chi connectivity index (χ1v) is 16.1. The summed E-state index contributed by atoms with van der Waals surface area (Å²) in [6.45, 7) is 4.95. The fraction of sp³-hybridized carbons (Fsp3) is 0.382. The molecule has 16 heteroatoms. The smallest absolute Gasteiger partial charge is 0.325 e. The van der Waals surface area contributed by atoms with E-state index in [0.717, 1.165) is 5.56 Å². The molecule has 2 saturated heterocycles. The monoisotopic (exact) mass is 692 g/mol. The molecule has 0 saturated carbocycles. The molecule has 2 aliphatic rings. The first-order valence-electron chi connectivity index (χ1n) is 16.1. The van der Waals surface area contributed by atoms with Crippen molar-refractivity contribution in [3.63, 3.8) is 0 Å². The Bertz CT molecular complexity index is 1930. The van der Waals surface area contributed by atoms with Crippen molar-refractivity contribution in [2.75, 3.05) is 45.2 Å². The molecule has 4 aromatic rings. The Morgan fingerprint density at radius 3 is 2.52 bits per heavy atom. The van der Waals surface area contributed by atoms with Crippen molar-refractivity contribution in [1.29, 1.82) is 0 Å². The number of carbonyl (C=O) groups is 3. The number of aliphatic hydroxyl groups excluding tert-OH is 1. The molecule has 5 N–H and O–H groups in total. The van der Waals surface area contributed by atoms with Gasteiger partial charge < -0.3 is 40.7 Å². The highest BCUT2D eigenvalue weighted by Gasteiger charge is 2.37. The normalized spacial score (nSPS) is 18.9. The van der Waals surface area contributed by atoms with Crippen molar-refractivity contribution in [3.8, 4) is 17.0 Å². The second kappa shape index (κ2) is 14.3. The number of carbonyl (C=O) groups excluding carboxylic acids is 3. The highest BCUT2D eigenvalue weighted by atomic mass is 19.2. The molecule has 4 heterocycles. The Labute approximate surface area is 286 Å². The van der Waals surface area contributed by atoms with Crippen LogP contribution >= 0.6 is 0 Å². The number of hydrogen-bond acceptors (Lipinski definition) is 11. The van der Waals surface area contributed by atoms with Crippen molar-refractivity contribution in [2.45, 2.75) is 44.6 Å². The summed E-state index contributed by atoms with van der Waals surface area (Å²) in [6, 6.07) is 6.37. The standard InChI is InChI=1S/C34H38F2N8O6/c1-18-14-20(41-30-31-40-17-25(44(31)9-8-38-30)23-6-7-26(49-3)28(36)27(23)35)4-5-22(18)32(46)42-10-12-43(13-11-42)33(47)24-15-21(16-39-24)50-34(48)29(37)19(2)45/h4-9,14,17,19,21,24,29,39,45H,10-13,15-16,37H2,1-3H3,(H,38,41)/t19-,21-,24+,29+/m1/s1. The highest BCUT2D eigenvalue weighted by Crippen LogP contribution is 2.32. The molecule has 2 aliphatic heterocycles. The number of aliphatic hydroxyl groups is 1. The molecule has 4 atom stereocenters. The zero-order valence-corrected chi connectivity index (χ0v) is 27.7. The van der Waals surface area contributed by atoms with Crippen LogP contribution in [0.4, 0.5) is 20.3 Å². The van der Waals surface area contributed by atoms with Gasteiger partial charge in [-0.2, -0.15) is 4.39 Å². The number of hydrogen-bond donors (Lipinski definition) is 4. The van der Waals surface area contributed by atoms with Gasteiger partial charge in [-0.05, 0) is 49.7 Å². The molecule has 264 valence electrons. The van der Waals surface area contributed by atoms with Crippen LogP contribution in [0.25, 0.3) is 16.9 Å². The van der Waals surface area contributed by atoms with E-state index in [0.29, 0.717) is 67.6 Å².